The van der Waals surface area contributed by atoms with E-state index in [0.717, 1.165) is 25.9 Å². The van der Waals surface area contributed by atoms with Gasteiger partial charge in [0.2, 0.25) is 5.91 Å². The van der Waals surface area contributed by atoms with Crippen LogP contribution in [0.4, 0.5) is 0 Å². The number of carbonyl (C=O) groups excluding carboxylic acids is 1. The number of nitrogens with one attached hydrogen (secondary N) is 1. The monoisotopic (exact) mass is 178 g/mol. The van der Waals surface area contributed by atoms with Gasteiger partial charge in [0.25, 0.3) is 0 Å². The van der Waals surface area contributed by atoms with Gasteiger partial charge in [-0.2, -0.15) is 0 Å². The van der Waals surface area contributed by atoms with Crippen LogP contribution in [0.15, 0.2) is 0 Å². The Hall–Kier alpha value is -0.280. The number of hydrogen-bond acceptors (Lipinski definition) is 2. The van der Waals surface area contributed by atoms with Gasteiger partial charge in [0.15, 0.2) is 0 Å². The van der Waals surface area contributed by atoms with Gasteiger partial charge in [0.05, 0.1) is 0 Å². The number of nitrogens with two attached hydrogens (primary N) is 1. The van der Waals surface area contributed by atoms with Crippen LogP contribution in [0.2, 0.25) is 0 Å². The molecule has 1 saturated heterocycles. The van der Waals surface area contributed by atoms with E-state index in [4.69, 9.17) is 5.73 Å². The Bertz CT molecular complexity index is 143. The van der Waals surface area contributed by atoms with Crippen molar-refractivity contribution in [1.29, 1.82) is 0 Å². The molecule has 4 heteroatoms. The van der Waals surface area contributed by atoms with Gasteiger partial charge in [-0.3, -0.25) is 4.79 Å². The zero-order valence-electron chi connectivity index (χ0n) is 6.72. The Morgan fingerprint density at radius 3 is 2.18 bits per heavy atom. The fraction of sp³-hybridized carbons (Fsp3) is 0.857. The maximum atomic E-state index is 10.9. The highest BCUT2D eigenvalue weighted by molar-refractivity contribution is 5.85. The predicted molar refractivity (Wildman–Crippen MR) is 46.7 cm³/mol. The molecule has 1 rings (SSSR count). The summed E-state index contributed by atoms with van der Waals surface area (Å²) < 4.78 is 0. The van der Waals surface area contributed by atoms with Crippen molar-refractivity contribution >= 4 is 18.3 Å². The van der Waals surface area contributed by atoms with Crippen LogP contribution in [-0.4, -0.2) is 19.0 Å². The Kier molecular flexibility index (Phi) is 3.83. The van der Waals surface area contributed by atoms with Gasteiger partial charge in [-0.25, -0.2) is 0 Å². The van der Waals surface area contributed by atoms with E-state index >= 15 is 0 Å². The SMILES string of the molecule is CC1(C(N)=O)CCNCC1.Cl. The molecule has 0 aromatic carbocycles. The highest BCUT2D eigenvalue weighted by Crippen LogP contribution is 2.26. The van der Waals surface area contributed by atoms with E-state index in [9.17, 15) is 4.79 Å². The lowest BCUT2D eigenvalue weighted by atomic mass is 9.80. The van der Waals surface area contributed by atoms with E-state index in [1.165, 1.54) is 0 Å². The van der Waals surface area contributed by atoms with E-state index < -0.39 is 0 Å². The van der Waals surface area contributed by atoms with Gasteiger partial charge < -0.3 is 11.1 Å². The molecule has 1 heterocycles. The van der Waals surface area contributed by atoms with Crippen molar-refractivity contribution in [3.8, 4) is 0 Å². The normalized spacial score (nSPS) is 21.9. The summed E-state index contributed by atoms with van der Waals surface area (Å²) in [5.41, 5.74) is 4.99. The molecule has 0 unspecified atom stereocenters. The number of piperidine rings is 1. The average Bonchev–Trinajstić information content (AvgIpc) is 1.89. The van der Waals surface area contributed by atoms with Crippen molar-refractivity contribution in [2.75, 3.05) is 13.1 Å². The van der Waals surface area contributed by atoms with Crippen LogP contribution in [0.5, 0.6) is 0 Å². The third kappa shape index (κ3) is 2.34. The van der Waals surface area contributed by atoms with Gasteiger partial charge in [-0.05, 0) is 25.9 Å². The minimum Gasteiger partial charge on any atom is -0.369 e. The van der Waals surface area contributed by atoms with E-state index in [-0.39, 0.29) is 23.7 Å². The molecule has 0 spiro atoms. The number of rotatable bonds is 1. The van der Waals surface area contributed by atoms with Crippen molar-refractivity contribution < 1.29 is 4.79 Å². The minimum atomic E-state index is -0.245. The maximum absolute atomic E-state index is 10.9. The molecule has 0 aromatic heterocycles. The summed E-state index contributed by atoms with van der Waals surface area (Å²) >= 11 is 0. The molecule has 0 bridgehead atoms. The molecular weight excluding hydrogens is 164 g/mol. The minimum absolute atomic E-state index is 0. The smallest absolute Gasteiger partial charge is 0.223 e. The summed E-state index contributed by atoms with van der Waals surface area (Å²) in [5, 5.41) is 3.19. The van der Waals surface area contributed by atoms with Crippen molar-refractivity contribution in [1.82, 2.24) is 5.32 Å². The highest BCUT2D eigenvalue weighted by atomic mass is 35.5. The van der Waals surface area contributed by atoms with Crippen LogP contribution >= 0.6 is 12.4 Å². The Labute approximate surface area is 73.1 Å². The van der Waals surface area contributed by atoms with Gasteiger partial charge in [-0.15, -0.1) is 12.4 Å². The first-order chi connectivity index (χ1) is 4.65. The third-order valence-corrected chi connectivity index (χ3v) is 2.30. The van der Waals surface area contributed by atoms with Crippen LogP contribution in [0, 0.1) is 5.41 Å². The zero-order chi connectivity index (χ0) is 7.61. The van der Waals surface area contributed by atoms with Crippen molar-refractivity contribution in [3.05, 3.63) is 0 Å². The number of carbonyl (C=O) groups is 1. The molecule has 0 radical (unpaired) electrons. The second-order valence-corrected chi connectivity index (χ2v) is 3.17. The molecule has 3 N–H and O–H groups in total. The molecule has 11 heavy (non-hydrogen) atoms. The van der Waals surface area contributed by atoms with Crippen LogP contribution < -0.4 is 11.1 Å². The van der Waals surface area contributed by atoms with Crippen molar-refractivity contribution in [2.45, 2.75) is 19.8 Å². The molecule has 1 aliphatic heterocycles. The molecule has 1 amide bonds. The molecule has 0 atom stereocenters. The largest absolute Gasteiger partial charge is 0.369 e. The van der Waals surface area contributed by atoms with Gasteiger partial charge in [0, 0.05) is 5.41 Å². The average molecular weight is 179 g/mol. The number of primary amides is 1. The number of hydrogen-bond donors (Lipinski definition) is 2. The number of halogens is 1. The van der Waals surface area contributed by atoms with Crippen LogP contribution in [-0.2, 0) is 4.79 Å². The molecule has 0 saturated carbocycles. The first-order valence-corrected chi connectivity index (χ1v) is 3.66. The molecule has 0 aromatic rings. The summed E-state index contributed by atoms with van der Waals surface area (Å²) in [6, 6.07) is 0. The van der Waals surface area contributed by atoms with Crippen molar-refractivity contribution in [3.63, 3.8) is 0 Å². The summed E-state index contributed by atoms with van der Waals surface area (Å²) in [6.07, 6.45) is 1.75. The topological polar surface area (TPSA) is 55.1 Å². The number of amides is 1. The molecular formula is C7H15ClN2O. The molecule has 1 fully saturated rings. The summed E-state index contributed by atoms with van der Waals surface area (Å²) in [5.74, 6) is -0.158. The van der Waals surface area contributed by atoms with Crippen molar-refractivity contribution in [2.24, 2.45) is 11.1 Å². The Morgan fingerprint density at radius 1 is 1.45 bits per heavy atom. The highest BCUT2D eigenvalue weighted by Gasteiger charge is 2.32. The van der Waals surface area contributed by atoms with E-state index in [0.29, 0.717) is 0 Å². The lowest BCUT2D eigenvalue weighted by molar-refractivity contribution is -0.128. The van der Waals surface area contributed by atoms with Gasteiger partial charge in [0.1, 0.15) is 0 Å². The quantitative estimate of drug-likeness (QED) is 0.606. The van der Waals surface area contributed by atoms with E-state index in [1.54, 1.807) is 0 Å². The maximum Gasteiger partial charge on any atom is 0.223 e. The second-order valence-electron chi connectivity index (χ2n) is 3.17. The fourth-order valence-electron chi connectivity index (χ4n) is 1.22. The van der Waals surface area contributed by atoms with E-state index in [1.807, 2.05) is 6.92 Å². The lowest BCUT2D eigenvalue weighted by Crippen LogP contribution is -2.43. The van der Waals surface area contributed by atoms with Crippen LogP contribution in [0.25, 0.3) is 0 Å². The predicted octanol–water partition coefficient (Wildman–Crippen LogP) is 0.283. The summed E-state index contributed by atoms with van der Waals surface area (Å²) in [4.78, 5) is 10.9. The second kappa shape index (κ2) is 3.93. The molecule has 3 nitrogen and oxygen atoms in total. The molecule has 1 aliphatic rings. The van der Waals surface area contributed by atoms with Crippen LogP contribution in [0.3, 0.4) is 0 Å². The molecule has 0 aliphatic carbocycles. The standard InChI is InChI=1S/C7H14N2O.ClH/c1-7(6(8)10)2-4-9-5-3-7;/h9H,2-5H2,1H3,(H2,8,10);1H. The van der Waals surface area contributed by atoms with Crippen LogP contribution in [0.1, 0.15) is 19.8 Å². The Balaban J connectivity index is 0.000001000. The Morgan fingerprint density at radius 2 is 1.91 bits per heavy atom. The summed E-state index contributed by atoms with van der Waals surface area (Å²) in [6.45, 7) is 3.77. The fourth-order valence-corrected chi connectivity index (χ4v) is 1.22. The van der Waals surface area contributed by atoms with Gasteiger partial charge in [-0.1, -0.05) is 6.92 Å². The summed E-state index contributed by atoms with van der Waals surface area (Å²) in [7, 11) is 0. The molecule has 66 valence electrons. The van der Waals surface area contributed by atoms with Gasteiger partial charge >= 0.3 is 0 Å². The van der Waals surface area contributed by atoms with E-state index in [2.05, 4.69) is 5.32 Å². The first kappa shape index (κ1) is 10.7. The lowest BCUT2D eigenvalue weighted by Gasteiger charge is -2.30. The third-order valence-electron chi connectivity index (χ3n) is 2.30. The zero-order valence-corrected chi connectivity index (χ0v) is 7.54. The first-order valence-electron chi connectivity index (χ1n) is 3.66.